The van der Waals surface area contributed by atoms with Crippen LogP contribution in [0.1, 0.15) is 27.8 Å². The van der Waals surface area contributed by atoms with Crippen LogP contribution < -0.4 is 22.8 Å². The minimum atomic E-state index is 0.948. The lowest BCUT2D eigenvalue weighted by atomic mass is 10.1. The highest BCUT2D eigenvalue weighted by Crippen LogP contribution is 2.30. The van der Waals surface area contributed by atoms with E-state index in [9.17, 15) is 0 Å². The van der Waals surface area contributed by atoms with Crippen molar-refractivity contribution in [3.05, 3.63) is 297 Å². The zero-order chi connectivity index (χ0) is 65.6. The number of hydrogen-bond acceptors (Lipinski definition) is 2. The standard InChI is InChI=1S/C18H15N4.2C17H16N3.C14H13N4.C13H14N3/c1-12-6-5-9-15-16(12)17-20(2)10-11-21(17)18-19-13-7-3-4-8-14(13)22(15)18;1-13-7-3-4-8-14(13)19-11-12-20-16-10-6-5-9-15(16)18(2)17(19)20;1-13-7-3-4-8-14(13)20-16-10-6-5-9-15(16)19-12-11-18(2)17(19)20;1-10-4-3-5-11-12(10)13-16(2)8-9-18(13)14-15-6-7-17(11)14;1-11-5-3-4-6-12(11)16-10-9-15-8-7-14(2)13(15)16/h3-11H,1-2H3;2*3-12H,1-2H3;3-9H,1-2H3;3-10H,1-2H3/q5*+1. The summed E-state index contributed by atoms with van der Waals surface area (Å²) in [5, 5.41) is 2.54. The number of benzene rings is 8. The quantitative estimate of drug-likeness (QED) is 0.165. The summed E-state index contributed by atoms with van der Waals surface area (Å²) < 4.78 is 32.9. The number of rotatable bonds is 3. The Labute approximate surface area is 553 Å². The lowest BCUT2D eigenvalue weighted by Crippen LogP contribution is -2.29. The Hall–Kier alpha value is -12.4. The molecule has 0 aliphatic heterocycles. The van der Waals surface area contributed by atoms with Gasteiger partial charge in [0.15, 0.2) is 0 Å². The Balaban J connectivity index is 0.0000000947. The van der Waals surface area contributed by atoms with Crippen LogP contribution in [0.4, 0.5) is 0 Å². The molecular weight excluding hydrogens is 1190 g/mol. The van der Waals surface area contributed by atoms with Crippen molar-refractivity contribution in [1.29, 1.82) is 0 Å². The molecule has 0 radical (unpaired) electrons. The summed E-state index contributed by atoms with van der Waals surface area (Å²) in [5.74, 6) is 5.40. The highest BCUT2D eigenvalue weighted by atomic mass is 15.3. The molecule has 0 aliphatic rings. The third-order valence-electron chi connectivity index (χ3n) is 18.9. The zero-order valence-electron chi connectivity index (χ0n) is 55.5. The molecule has 17 heteroatoms. The molecule has 20 aromatic rings. The number of fused-ring (bicyclic) bond motifs is 21. The van der Waals surface area contributed by atoms with Gasteiger partial charge in [0.2, 0.25) is 0 Å². The first-order valence-electron chi connectivity index (χ1n) is 32.3. The number of imidazole rings is 10. The number of hydrogen-bond donors (Lipinski definition) is 0. The van der Waals surface area contributed by atoms with Gasteiger partial charge in [-0.15, -0.1) is 0 Å². The first kappa shape index (κ1) is 58.7. The number of aryl methyl sites for hydroxylation is 10. The van der Waals surface area contributed by atoms with Crippen molar-refractivity contribution in [2.75, 3.05) is 0 Å². The van der Waals surface area contributed by atoms with Gasteiger partial charge in [0, 0.05) is 12.4 Å². The Bertz CT molecular complexity index is 6370. The van der Waals surface area contributed by atoms with E-state index >= 15 is 0 Å². The molecule has 0 spiro atoms. The number of nitrogens with zero attached hydrogens (tertiary/aromatic N) is 17. The molecule has 0 N–H and O–H groups in total. The van der Waals surface area contributed by atoms with Gasteiger partial charge in [-0.3, -0.25) is 8.80 Å². The number of para-hydroxylation sites is 9. The molecule has 20 rings (SSSR count). The first-order valence-corrected chi connectivity index (χ1v) is 32.3. The smallest absolute Gasteiger partial charge is 0.265 e. The minimum Gasteiger partial charge on any atom is -0.265 e. The Kier molecular flexibility index (Phi) is 14.3. The maximum absolute atomic E-state index is 4.85. The number of aromatic nitrogens is 17. The van der Waals surface area contributed by atoms with Gasteiger partial charge >= 0.3 is 28.9 Å². The van der Waals surface area contributed by atoms with Gasteiger partial charge in [0.05, 0.1) is 80.5 Å². The zero-order valence-corrected chi connectivity index (χ0v) is 55.5. The molecule has 0 fully saturated rings. The fourth-order valence-corrected chi connectivity index (χ4v) is 14.3. The average molecular weight is 1260 g/mol. The highest BCUT2D eigenvalue weighted by molar-refractivity contribution is 5.98. The van der Waals surface area contributed by atoms with Crippen molar-refractivity contribution in [3.8, 4) is 17.1 Å². The molecule has 0 amide bonds. The van der Waals surface area contributed by atoms with Crippen LogP contribution in [0.15, 0.2) is 269 Å². The molecular formula is C79H74N17+5. The van der Waals surface area contributed by atoms with E-state index in [0.717, 1.165) is 28.4 Å². The van der Waals surface area contributed by atoms with Crippen molar-refractivity contribution in [1.82, 2.24) is 54.5 Å². The van der Waals surface area contributed by atoms with Crippen molar-refractivity contribution in [2.24, 2.45) is 35.2 Å². The fourth-order valence-electron chi connectivity index (χ4n) is 14.3. The van der Waals surface area contributed by atoms with E-state index < -0.39 is 0 Å². The van der Waals surface area contributed by atoms with Crippen LogP contribution in [0, 0.1) is 34.6 Å². The lowest BCUT2D eigenvalue weighted by Gasteiger charge is -2.05. The summed E-state index contributed by atoms with van der Waals surface area (Å²) >= 11 is 0. The van der Waals surface area contributed by atoms with Crippen molar-refractivity contribution < 1.29 is 22.8 Å². The monoisotopic (exact) mass is 1260 g/mol. The predicted molar refractivity (Wildman–Crippen MR) is 380 cm³/mol. The van der Waals surface area contributed by atoms with Crippen molar-refractivity contribution in [3.63, 3.8) is 0 Å². The molecule has 8 aromatic carbocycles. The Morgan fingerprint density at radius 2 is 0.802 bits per heavy atom. The Morgan fingerprint density at radius 3 is 1.48 bits per heavy atom. The maximum atomic E-state index is 4.85. The summed E-state index contributed by atoms with van der Waals surface area (Å²) in [7, 11) is 10.4. The molecule has 0 atom stereocenters. The molecule has 0 unspecified atom stereocenters. The second-order valence-electron chi connectivity index (χ2n) is 24.9. The van der Waals surface area contributed by atoms with Gasteiger partial charge < -0.3 is 0 Å². The first-order chi connectivity index (χ1) is 46.8. The van der Waals surface area contributed by atoms with Gasteiger partial charge in [-0.1, -0.05) is 115 Å². The van der Waals surface area contributed by atoms with Crippen LogP contribution in [0.5, 0.6) is 0 Å². The van der Waals surface area contributed by atoms with Gasteiger partial charge in [-0.05, 0) is 129 Å². The molecule has 0 saturated heterocycles. The van der Waals surface area contributed by atoms with E-state index in [0.29, 0.717) is 0 Å². The van der Waals surface area contributed by atoms with Crippen LogP contribution in [-0.2, 0) is 35.2 Å². The second-order valence-corrected chi connectivity index (χ2v) is 24.9. The second kappa shape index (κ2) is 23.3. The van der Waals surface area contributed by atoms with E-state index in [1.54, 1.807) is 0 Å². The SMILES string of the molecule is Cc1cccc2c1c1n(cc[n+]1C)c1nc3ccccc3n21.Cc1cccc2c1c1n(cc[n+]1C)c1nccn21.Cc1ccccc1-n1c2ccccc2n2cc[n+](C)c12.Cc1ccccc1-n1ccn2c3ccccc3[n+](C)c12.Cc1ccccc1-n1ccn2cc[n+](C)c12. The van der Waals surface area contributed by atoms with E-state index in [-0.39, 0.29) is 0 Å². The van der Waals surface area contributed by atoms with Crippen LogP contribution in [0.2, 0.25) is 0 Å². The third kappa shape index (κ3) is 9.40. The van der Waals surface area contributed by atoms with Crippen molar-refractivity contribution in [2.45, 2.75) is 34.6 Å². The average Bonchev–Trinajstić information content (AvgIpc) is 1.56. The molecule has 470 valence electrons. The molecule has 0 saturated carbocycles. The molecule has 0 aliphatic carbocycles. The summed E-state index contributed by atoms with van der Waals surface area (Å²) in [5.41, 5.74) is 21.9. The van der Waals surface area contributed by atoms with Gasteiger partial charge in [0.25, 0.3) is 11.3 Å². The van der Waals surface area contributed by atoms with Gasteiger partial charge in [0.1, 0.15) is 101 Å². The molecule has 0 bridgehead atoms. The lowest BCUT2D eigenvalue weighted by molar-refractivity contribution is -0.647. The molecule has 12 aromatic heterocycles. The Morgan fingerprint density at radius 1 is 0.323 bits per heavy atom. The molecule has 17 nitrogen and oxygen atoms in total. The molecule has 96 heavy (non-hydrogen) atoms. The van der Waals surface area contributed by atoms with Crippen LogP contribution in [0.25, 0.3) is 112 Å². The van der Waals surface area contributed by atoms with Crippen molar-refractivity contribution >= 4 is 95.1 Å². The third-order valence-corrected chi connectivity index (χ3v) is 18.9. The highest BCUT2D eigenvalue weighted by Gasteiger charge is 2.26. The topological polar surface area (TPSA) is 90.8 Å². The predicted octanol–water partition coefficient (Wildman–Crippen LogP) is 12.8. The van der Waals surface area contributed by atoms with Crippen LogP contribution >= 0.6 is 0 Å². The largest absolute Gasteiger partial charge is 0.374 e. The summed E-state index contributed by atoms with van der Waals surface area (Å²) in [6, 6.07) is 63.5. The summed E-state index contributed by atoms with van der Waals surface area (Å²) in [6.07, 6.45) is 28.9. The normalized spacial score (nSPS) is 11.6. The van der Waals surface area contributed by atoms with E-state index in [1.165, 1.54) is 112 Å². The van der Waals surface area contributed by atoms with Gasteiger partial charge in [-0.25, -0.2) is 36.4 Å². The summed E-state index contributed by atoms with van der Waals surface area (Å²) in [4.78, 5) is 9.30. The van der Waals surface area contributed by atoms with Crippen LogP contribution in [-0.4, -0.2) is 54.5 Å². The maximum Gasteiger partial charge on any atom is 0.374 e. The van der Waals surface area contributed by atoms with E-state index in [2.05, 4.69) is 392 Å². The summed E-state index contributed by atoms with van der Waals surface area (Å²) in [6.45, 7) is 10.8. The van der Waals surface area contributed by atoms with Crippen LogP contribution in [0.3, 0.4) is 0 Å². The van der Waals surface area contributed by atoms with Gasteiger partial charge in [-0.2, -0.15) is 32.1 Å². The van der Waals surface area contributed by atoms with E-state index in [1.807, 2.05) is 18.5 Å². The fraction of sp³-hybridized carbons (Fsp3) is 0.127. The minimum absolute atomic E-state index is 0.948. The van der Waals surface area contributed by atoms with E-state index in [4.69, 9.17) is 4.98 Å². The molecule has 12 heterocycles.